The first-order valence-electron chi connectivity index (χ1n) is 6.12. The first kappa shape index (κ1) is 16.4. The molecule has 1 rings (SSSR count). The largest absolute Gasteiger partial charge is 0.480 e. The molecule has 0 aliphatic heterocycles. The van der Waals surface area contributed by atoms with E-state index in [1.54, 1.807) is 30.3 Å². The number of carbonyl (C=O) groups is 3. The molecule has 0 radical (unpaired) electrons. The van der Waals surface area contributed by atoms with Crippen LogP contribution < -0.4 is 5.73 Å². The zero-order valence-corrected chi connectivity index (χ0v) is 11.1. The van der Waals surface area contributed by atoms with Gasteiger partial charge in [-0.25, -0.2) is 9.59 Å². The molecule has 0 fully saturated rings. The van der Waals surface area contributed by atoms with Gasteiger partial charge in [0.2, 0.25) is 5.91 Å². The van der Waals surface area contributed by atoms with Gasteiger partial charge >= 0.3 is 12.1 Å². The van der Waals surface area contributed by atoms with Crippen molar-refractivity contribution in [2.75, 3.05) is 0 Å². The van der Waals surface area contributed by atoms with Crippen LogP contribution in [0, 0.1) is 0 Å². The summed E-state index contributed by atoms with van der Waals surface area (Å²) in [5.41, 5.74) is 5.63. The highest BCUT2D eigenvalue weighted by Gasteiger charge is 2.31. The molecule has 8 heteroatoms. The van der Waals surface area contributed by atoms with E-state index in [9.17, 15) is 14.4 Å². The van der Waals surface area contributed by atoms with Crippen LogP contribution >= 0.6 is 0 Å². The second-order valence-corrected chi connectivity index (χ2v) is 4.23. The number of nitrogens with two attached hydrogens (primary N) is 1. The lowest BCUT2D eigenvalue weighted by atomic mass is 10.1. The van der Waals surface area contributed by atoms with Crippen molar-refractivity contribution in [1.29, 1.82) is 0 Å². The minimum Gasteiger partial charge on any atom is -0.480 e. The summed E-state index contributed by atoms with van der Waals surface area (Å²) in [6.45, 7) is -0.104. The summed E-state index contributed by atoms with van der Waals surface area (Å²) >= 11 is 0. The molecule has 0 saturated heterocycles. The fourth-order valence-corrected chi connectivity index (χ4v) is 1.62. The van der Waals surface area contributed by atoms with Crippen LogP contribution in [0.1, 0.15) is 18.4 Å². The molecule has 2 amide bonds. The fourth-order valence-electron chi connectivity index (χ4n) is 1.62. The van der Waals surface area contributed by atoms with E-state index in [-0.39, 0.29) is 19.4 Å². The van der Waals surface area contributed by atoms with Crippen LogP contribution in [0.4, 0.5) is 4.79 Å². The molecule has 0 aliphatic carbocycles. The number of carboxylic acids is 1. The predicted molar refractivity (Wildman–Crippen MR) is 70.9 cm³/mol. The van der Waals surface area contributed by atoms with Gasteiger partial charge in [0.1, 0.15) is 6.61 Å². The second-order valence-electron chi connectivity index (χ2n) is 4.23. The first-order chi connectivity index (χ1) is 9.91. The van der Waals surface area contributed by atoms with Crippen molar-refractivity contribution in [3.8, 4) is 0 Å². The summed E-state index contributed by atoms with van der Waals surface area (Å²) in [7, 11) is 0. The Balaban J connectivity index is 2.74. The Kier molecular flexibility index (Phi) is 6.15. The highest BCUT2D eigenvalue weighted by molar-refractivity contribution is 5.80. The van der Waals surface area contributed by atoms with Gasteiger partial charge in [-0.2, -0.15) is 5.06 Å². The number of hydrogen-bond acceptors (Lipinski definition) is 4. The Morgan fingerprint density at radius 1 is 1.19 bits per heavy atom. The number of nitrogens with zero attached hydrogens (tertiary/aromatic N) is 1. The zero-order valence-electron chi connectivity index (χ0n) is 11.1. The average molecular weight is 296 g/mol. The zero-order chi connectivity index (χ0) is 15.8. The van der Waals surface area contributed by atoms with E-state index in [1.807, 2.05) is 0 Å². The molecule has 8 nitrogen and oxygen atoms in total. The van der Waals surface area contributed by atoms with Crippen molar-refractivity contribution < 1.29 is 29.4 Å². The summed E-state index contributed by atoms with van der Waals surface area (Å²) in [4.78, 5) is 38.0. The summed E-state index contributed by atoms with van der Waals surface area (Å²) < 4.78 is 0. The quantitative estimate of drug-likeness (QED) is 0.609. The number of hydrogen-bond donors (Lipinski definition) is 3. The van der Waals surface area contributed by atoms with E-state index in [0.717, 1.165) is 0 Å². The predicted octanol–water partition coefficient (Wildman–Crippen LogP) is 0.817. The monoisotopic (exact) mass is 296 g/mol. The number of primary amides is 1. The third kappa shape index (κ3) is 5.49. The van der Waals surface area contributed by atoms with Crippen LogP contribution in [0.5, 0.6) is 0 Å². The number of carboxylic acid groups (broad SMARTS) is 2. The number of benzene rings is 1. The van der Waals surface area contributed by atoms with Gasteiger partial charge in [0.25, 0.3) is 0 Å². The minimum absolute atomic E-state index is 0.104. The minimum atomic E-state index is -1.55. The van der Waals surface area contributed by atoms with Gasteiger partial charge in [-0.05, 0) is 12.0 Å². The molecule has 1 atom stereocenters. The molecule has 1 aromatic carbocycles. The molecule has 0 heterocycles. The second kappa shape index (κ2) is 7.85. The maximum atomic E-state index is 11.1. The molecule has 0 bridgehead atoms. The van der Waals surface area contributed by atoms with Crippen molar-refractivity contribution in [3.63, 3.8) is 0 Å². The molecule has 1 aromatic rings. The third-order valence-corrected chi connectivity index (χ3v) is 2.63. The van der Waals surface area contributed by atoms with Crippen molar-refractivity contribution in [3.05, 3.63) is 35.9 Å². The molecule has 0 aliphatic rings. The Labute approximate surface area is 120 Å². The van der Waals surface area contributed by atoms with Crippen LogP contribution in [0.15, 0.2) is 30.3 Å². The van der Waals surface area contributed by atoms with Crippen molar-refractivity contribution >= 4 is 18.0 Å². The lowest BCUT2D eigenvalue weighted by Gasteiger charge is -2.24. The van der Waals surface area contributed by atoms with Gasteiger partial charge in [-0.3, -0.25) is 9.63 Å². The molecule has 0 saturated carbocycles. The highest BCUT2D eigenvalue weighted by Crippen LogP contribution is 2.12. The van der Waals surface area contributed by atoms with Gasteiger partial charge in [-0.15, -0.1) is 0 Å². The number of amides is 2. The fraction of sp³-hybridized carbons (Fsp3) is 0.308. The first-order valence-corrected chi connectivity index (χ1v) is 6.12. The van der Waals surface area contributed by atoms with Crippen LogP contribution in [-0.4, -0.2) is 39.3 Å². The van der Waals surface area contributed by atoms with Gasteiger partial charge < -0.3 is 15.9 Å². The topological polar surface area (TPSA) is 130 Å². The van der Waals surface area contributed by atoms with E-state index in [0.29, 0.717) is 10.6 Å². The number of carbonyl (C=O) groups excluding carboxylic acids is 1. The molecule has 0 spiro atoms. The molecule has 0 unspecified atom stereocenters. The molecule has 0 aromatic heterocycles. The third-order valence-electron chi connectivity index (χ3n) is 2.63. The normalized spacial score (nSPS) is 11.6. The number of aliphatic carboxylic acids is 1. The summed E-state index contributed by atoms with van der Waals surface area (Å²) in [6, 6.07) is 7.18. The van der Waals surface area contributed by atoms with Crippen LogP contribution in [-0.2, 0) is 21.0 Å². The molecular weight excluding hydrogens is 280 g/mol. The van der Waals surface area contributed by atoms with Gasteiger partial charge in [0.05, 0.1) is 0 Å². The number of rotatable bonds is 8. The van der Waals surface area contributed by atoms with Crippen molar-refractivity contribution in [2.24, 2.45) is 5.73 Å². The Hall–Kier alpha value is -2.61. The van der Waals surface area contributed by atoms with Gasteiger partial charge in [0, 0.05) is 6.42 Å². The maximum Gasteiger partial charge on any atom is 0.432 e. The van der Waals surface area contributed by atoms with E-state index in [1.165, 1.54) is 0 Å². The molecular formula is C13H16N2O6. The van der Waals surface area contributed by atoms with Crippen LogP contribution in [0.2, 0.25) is 0 Å². The van der Waals surface area contributed by atoms with Crippen molar-refractivity contribution in [2.45, 2.75) is 25.5 Å². The SMILES string of the molecule is NC(=O)CC[C@H](C(=O)O)N(OCc1ccccc1)C(=O)O. The van der Waals surface area contributed by atoms with Gasteiger partial charge in [-0.1, -0.05) is 30.3 Å². The Morgan fingerprint density at radius 3 is 2.29 bits per heavy atom. The van der Waals surface area contributed by atoms with E-state index >= 15 is 0 Å². The summed E-state index contributed by atoms with van der Waals surface area (Å²) in [5.74, 6) is -2.12. The van der Waals surface area contributed by atoms with E-state index in [2.05, 4.69) is 0 Å². The molecule has 21 heavy (non-hydrogen) atoms. The Bertz CT molecular complexity index is 505. The summed E-state index contributed by atoms with van der Waals surface area (Å²) in [6.07, 6.45) is -2.07. The number of hydroxylamine groups is 2. The lowest BCUT2D eigenvalue weighted by Crippen LogP contribution is -2.44. The van der Waals surface area contributed by atoms with Crippen molar-refractivity contribution in [1.82, 2.24) is 5.06 Å². The molecule has 4 N–H and O–H groups in total. The van der Waals surface area contributed by atoms with Crippen LogP contribution in [0.3, 0.4) is 0 Å². The summed E-state index contributed by atoms with van der Waals surface area (Å²) in [5, 5.41) is 18.5. The Morgan fingerprint density at radius 2 is 1.81 bits per heavy atom. The van der Waals surface area contributed by atoms with E-state index < -0.39 is 24.0 Å². The standard InChI is InChI=1S/C13H16N2O6/c14-11(16)7-6-10(12(17)18)15(13(19)20)21-8-9-4-2-1-3-5-9/h1-5,10H,6-8H2,(H2,14,16)(H,17,18)(H,19,20)/t10-/m1/s1. The van der Waals surface area contributed by atoms with E-state index in [4.69, 9.17) is 20.8 Å². The lowest BCUT2D eigenvalue weighted by molar-refractivity contribution is -0.186. The highest BCUT2D eigenvalue weighted by atomic mass is 16.7. The smallest absolute Gasteiger partial charge is 0.432 e. The van der Waals surface area contributed by atoms with Crippen LogP contribution in [0.25, 0.3) is 0 Å². The maximum absolute atomic E-state index is 11.1. The molecule has 114 valence electrons. The average Bonchev–Trinajstić information content (AvgIpc) is 2.42. The van der Waals surface area contributed by atoms with Gasteiger partial charge in [0.15, 0.2) is 6.04 Å².